The number of hydrazone groups is 1. The van der Waals surface area contributed by atoms with Gasteiger partial charge in [0.25, 0.3) is 11.8 Å². The number of rotatable bonds is 10. The maximum absolute atomic E-state index is 13.7. The highest BCUT2D eigenvalue weighted by molar-refractivity contribution is 7.12. The largest absolute Gasteiger partial charge is 0.497 e. The molecule has 3 aromatic rings. The molecule has 2 aromatic heterocycles. The van der Waals surface area contributed by atoms with E-state index in [9.17, 15) is 9.59 Å². The fraction of sp³-hybridized carbons (Fsp3) is 0.346. The first-order valence-corrected chi connectivity index (χ1v) is 12.4. The number of aromatic nitrogens is 1. The molecule has 36 heavy (non-hydrogen) atoms. The van der Waals surface area contributed by atoms with Gasteiger partial charge in [-0.25, -0.2) is 5.01 Å². The molecule has 0 bridgehead atoms. The van der Waals surface area contributed by atoms with Crippen LogP contribution in [0.5, 0.6) is 11.5 Å². The molecule has 0 radical (unpaired) electrons. The second kappa shape index (κ2) is 11.4. The number of methoxy groups -OCH3 is 3. The van der Waals surface area contributed by atoms with Gasteiger partial charge in [-0.05, 0) is 41.8 Å². The minimum Gasteiger partial charge on any atom is -0.497 e. The zero-order chi connectivity index (χ0) is 25.7. The van der Waals surface area contributed by atoms with E-state index in [0.717, 1.165) is 17.0 Å². The molecule has 0 unspecified atom stereocenters. The summed E-state index contributed by atoms with van der Waals surface area (Å²) in [6.45, 7) is 0.469. The first-order valence-electron chi connectivity index (χ1n) is 11.5. The van der Waals surface area contributed by atoms with Crippen molar-refractivity contribution >= 4 is 28.9 Å². The Hall–Kier alpha value is -3.63. The average molecular weight is 511 g/mol. The van der Waals surface area contributed by atoms with Crippen LogP contribution in [-0.2, 0) is 16.6 Å². The lowest BCUT2D eigenvalue weighted by molar-refractivity contribution is -0.133. The zero-order valence-corrected chi connectivity index (χ0v) is 21.7. The molecule has 1 aliphatic heterocycles. The highest BCUT2D eigenvalue weighted by Crippen LogP contribution is 2.39. The van der Waals surface area contributed by atoms with Crippen LogP contribution in [0.3, 0.4) is 0 Å². The standard InChI is InChI=1S/C26H30N4O5S/c1-28-11-5-7-21(28)20-16-22(19-15-18(34-3)9-10-23(19)35-4)30(27-20)25(31)17-29(12-13-33-2)26(32)24-8-6-14-36-24/h5-11,14-15,22H,12-13,16-17H2,1-4H3/t22-/m1/s1. The highest BCUT2D eigenvalue weighted by Gasteiger charge is 2.37. The summed E-state index contributed by atoms with van der Waals surface area (Å²) in [5, 5.41) is 8.06. The third kappa shape index (κ3) is 5.29. The van der Waals surface area contributed by atoms with E-state index >= 15 is 0 Å². The van der Waals surface area contributed by atoms with Crippen molar-refractivity contribution in [3.05, 3.63) is 70.2 Å². The van der Waals surface area contributed by atoms with Crippen LogP contribution in [0.1, 0.15) is 33.4 Å². The van der Waals surface area contributed by atoms with Crippen molar-refractivity contribution in [1.82, 2.24) is 14.5 Å². The van der Waals surface area contributed by atoms with E-state index in [1.165, 1.54) is 21.2 Å². The van der Waals surface area contributed by atoms with Crippen LogP contribution >= 0.6 is 11.3 Å². The van der Waals surface area contributed by atoms with Crippen LogP contribution in [0.4, 0.5) is 0 Å². The van der Waals surface area contributed by atoms with Crippen molar-refractivity contribution in [2.75, 3.05) is 41.0 Å². The van der Waals surface area contributed by atoms with Crippen molar-refractivity contribution in [1.29, 1.82) is 0 Å². The molecule has 0 fully saturated rings. The van der Waals surface area contributed by atoms with E-state index in [4.69, 9.17) is 19.3 Å². The summed E-state index contributed by atoms with van der Waals surface area (Å²) in [6.07, 6.45) is 2.43. The highest BCUT2D eigenvalue weighted by atomic mass is 32.1. The number of hydrogen-bond donors (Lipinski definition) is 0. The molecule has 0 saturated carbocycles. The van der Waals surface area contributed by atoms with Gasteiger partial charge in [0.15, 0.2) is 0 Å². The zero-order valence-electron chi connectivity index (χ0n) is 20.8. The van der Waals surface area contributed by atoms with Crippen LogP contribution in [0.15, 0.2) is 59.1 Å². The Morgan fingerprint density at radius 2 is 1.97 bits per heavy atom. The number of carbonyl (C=O) groups is 2. The van der Waals surface area contributed by atoms with Crippen LogP contribution in [-0.4, -0.2) is 73.0 Å². The summed E-state index contributed by atoms with van der Waals surface area (Å²) in [7, 11) is 6.70. The molecule has 190 valence electrons. The van der Waals surface area contributed by atoms with Gasteiger partial charge in [-0.3, -0.25) is 9.59 Å². The Morgan fingerprint density at radius 1 is 1.14 bits per heavy atom. The van der Waals surface area contributed by atoms with E-state index in [1.54, 1.807) is 27.4 Å². The molecule has 1 aromatic carbocycles. The molecule has 0 aliphatic carbocycles. The third-order valence-electron chi connectivity index (χ3n) is 6.11. The quantitative estimate of drug-likeness (QED) is 0.416. The van der Waals surface area contributed by atoms with Gasteiger partial charge in [0.05, 0.1) is 43.2 Å². The van der Waals surface area contributed by atoms with Gasteiger partial charge in [-0.2, -0.15) is 5.10 Å². The lowest BCUT2D eigenvalue weighted by atomic mass is 9.99. The first kappa shape index (κ1) is 25.5. The Bertz CT molecular complexity index is 1240. The molecule has 2 amide bonds. The van der Waals surface area contributed by atoms with Crippen molar-refractivity contribution in [3.63, 3.8) is 0 Å². The number of hydrogen-bond acceptors (Lipinski definition) is 7. The molecule has 3 heterocycles. The van der Waals surface area contributed by atoms with Gasteiger partial charge < -0.3 is 23.7 Å². The molecule has 9 nitrogen and oxygen atoms in total. The number of ether oxygens (including phenoxy) is 3. The topological polar surface area (TPSA) is 85.6 Å². The van der Waals surface area contributed by atoms with E-state index < -0.39 is 6.04 Å². The maximum Gasteiger partial charge on any atom is 0.264 e. The number of carbonyl (C=O) groups excluding carboxylic acids is 2. The van der Waals surface area contributed by atoms with Gasteiger partial charge in [0.1, 0.15) is 18.0 Å². The molecular formula is C26H30N4O5S. The van der Waals surface area contributed by atoms with E-state index in [-0.39, 0.29) is 24.9 Å². The fourth-order valence-corrected chi connectivity index (χ4v) is 4.93. The number of thiophene rings is 1. The van der Waals surface area contributed by atoms with Gasteiger partial charge >= 0.3 is 0 Å². The SMILES string of the molecule is COCCN(CC(=O)N1N=C(c2cccn2C)C[C@@H]1c1cc(OC)ccc1OC)C(=O)c1cccs1. The van der Waals surface area contributed by atoms with Gasteiger partial charge in [-0.1, -0.05) is 6.07 Å². The van der Waals surface area contributed by atoms with Crippen LogP contribution in [0.2, 0.25) is 0 Å². The first-order chi connectivity index (χ1) is 17.5. The predicted octanol–water partition coefficient (Wildman–Crippen LogP) is 3.57. The Kier molecular flexibility index (Phi) is 8.07. The lowest BCUT2D eigenvalue weighted by Crippen LogP contribution is -2.42. The van der Waals surface area contributed by atoms with E-state index in [1.807, 2.05) is 59.6 Å². The van der Waals surface area contributed by atoms with E-state index in [0.29, 0.717) is 29.4 Å². The van der Waals surface area contributed by atoms with Crippen LogP contribution in [0, 0.1) is 0 Å². The molecule has 1 aliphatic rings. The lowest BCUT2D eigenvalue weighted by Gasteiger charge is -2.27. The summed E-state index contributed by atoms with van der Waals surface area (Å²) >= 11 is 1.34. The molecule has 0 saturated heterocycles. The van der Waals surface area contributed by atoms with Gasteiger partial charge in [0.2, 0.25) is 0 Å². The number of amides is 2. The molecule has 0 spiro atoms. The van der Waals surface area contributed by atoms with Gasteiger partial charge in [-0.15, -0.1) is 11.3 Å². The third-order valence-corrected chi connectivity index (χ3v) is 6.97. The summed E-state index contributed by atoms with van der Waals surface area (Å²) in [5.74, 6) is 0.778. The Morgan fingerprint density at radius 3 is 2.61 bits per heavy atom. The molecule has 1 atom stereocenters. The number of nitrogens with zero attached hydrogens (tertiary/aromatic N) is 4. The monoisotopic (exact) mass is 510 g/mol. The maximum atomic E-state index is 13.7. The van der Waals surface area contributed by atoms with Crippen molar-refractivity contribution < 1.29 is 23.8 Å². The molecule has 10 heteroatoms. The Balaban J connectivity index is 1.68. The number of benzene rings is 1. The summed E-state index contributed by atoms with van der Waals surface area (Å²) < 4.78 is 18.2. The normalized spacial score (nSPS) is 15.1. The van der Waals surface area contributed by atoms with Crippen molar-refractivity contribution in [3.8, 4) is 11.5 Å². The smallest absolute Gasteiger partial charge is 0.264 e. The average Bonchev–Trinajstić information content (AvgIpc) is 3.66. The minimum atomic E-state index is -0.423. The van der Waals surface area contributed by atoms with Crippen molar-refractivity contribution in [2.45, 2.75) is 12.5 Å². The second-order valence-electron chi connectivity index (χ2n) is 8.31. The van der Waals surface area contributed by atoms with Crippen LogP contribution < -0.4 is 9.47 Å². The summed E-state index contributed by atoms with van der Waals surface area (Å²) in [6, 6.07) is 12.6. The second-order valence-corrected chi connectivity index (χ2v) is 9.26. The molecular weight excluding hydrogens is 480 g/mol. The summed E-state index contributed by atoms with van der Waals surface area (Å²) in [4.78, 5) is 28.9. The Labute approximate surface area is 214 Å². The van der Waals surface area contributed by atoms with Gasteiger partial charge in [0, 0.05) is 38.9 Å². The van der Waals surface area contributed by atoms with Crippen molar-refractivity contribution in [2.24, 2.45) is 12.1 Å². The number of aryl methyl sites for hydroxylation is 1. The fourth-order valence-electron chi connectivity index (χ4n) is 4.24. The molecule has 4 rings (SSSR count). The van der Waals surface area contributed by atoms with Crippen LogP contribution in [0.25, 0.3) is 0 Å². The molecule has 0 N–H and O–H groups in total. The summed E-state index contributed by atoms with van der Waals surface area (Å²) in [5.41, 5.74) is 2.48. The minimum absolute atomic E-state index is 0.132. The van der Waals surface area contributed by atoms with E-state index in [2.05, 4.69) is 0 Å². The predicted molar refractivity (Wildman–Crippen MR) is 138 cm³/mol.